The van der Waals surface area contributed by atoms with Crippen molar-refractivity contribution in [3.63, 3.8) is 0 Å². The predicted octanol–water partition coefficient (Wildman–Crippen LogP) is 0.403. The lowest BCUT2D eigenvalue weighted by Gasteiger charge is -2.11. The largest absolute Gasteiger partial charge is 0.448 e. The Morgan fingerprint density at radius 2 is 2.35 bits per heavy atom. The van der Waals surface area contributed by atoms with Crippen molar-refractivity contribution in [1.29, 1.82) is 0 Å². The molecule has 1 aliphatic rings. The Balaban J connectivity index is 1.59. The molecule has 104 valence electrons. The van der Waals surface area contributed by atoms with Crippen molar-refractivity contribution in [2.45, 2.75) is 6.54 Å². The van der Waals surface area contributed by atoms with Crippen LogP contribution >= 0.6 is 0 Å². The molecule has 0 atom stereocenters. The molecule has 20 heavy (non-hydrogen) atoms. The lowest BCUT2D eigenvalue weighted by Crippen LogP contribution is -2.37. The first-order valence-corrected chi connectivity index (χ1v) is 6.34. The second-order valence-electron chi connectivity index (χ2n) is 4.51. The number of rotatable bonds is 4. The smallest absolute Gasteiger partial charge is 0.410 e. The molecule has 1 aliphatic heterocycles. The number of hydrogen-bond acceptors (Lipinski definition) is 4. The highest BCUT2D eigenvalue weighted by atomic mass is 16.6. The van der Waals surface area contributed by atoms with Gasteiger partial charge in [-0.05, 0) is 12.1 Å². The third-order valence-electron chi connectivity index (χ3n) is 3.16. The zero-order valence-electron chi connectivity index (χ0n) is 10.8. The lowest BCUT2D eigenvalue weighted by molar-refractivity contribution is -0.121. The van der Waals surface area contributed by atoms with Gasteiger partial charge in [0.05, 0.1) is 18.3 Å². The van der Waals surface area contributed by atoms with Crippen LogP contribution in [0.2, 0.25) is 0 Å². The van der Waals surface area contributed by atoms with Crippen molar-refractivity contribution in [2.24, 2.45) is 0 Å². The van der Waals surface area contributed by atoms with Crippen LogP contribution in [0.25, 0.3) is 5.52 Å². The van der Waals surface area contributed by atoms with Crippen molar-refractivity contribution in [3.8, 4) is 0 Å². The van der Waals surface area contributed by atoms with Gasteiger partial charge in [-0.1, -0.05) is 6.07 Å². The van der Waals surface area contributed by atoms with Gasteiger partial charge in [0.25, 0.3) is 0 Å². The summed E-state index contributed by atoms with van der Waals surface area (Å²) in [5, 5.41) is 6.98. The van der Waals surface area contributed by atoms with Gasteiger partial charge in [0.1, 0.15) is 13.2 Å². The molecule has 3 heterocycles. The fourth-order valence-electron chi connectivity index (χ4n) is 2.12. The molecular weight excluding hydrogens is 260 g/mol. The maximum Gasteiger partial charge on any atom is 0.410 e. The van der Waals surface area contributed by atoms with Crippen molar-refractivity contribution in [3.05, 3.63) is 36.2 Å². The first-order chi connectivity index (χ1) is 9.74. The van der Waals surface area contributed by atoms with E-state index in [0.29, 0.717) is 19.7 Å². The Bertz CT molecular complexity index is 652. The molecule has 7 nitrogen and oxygen atoms in total. The van der Waals surface area contributed by atoms with E-state index in [1.165, 1.54) is 4.90 Å². The van der Waals surface area contributed by atoms with E-state index in [0.717, 1.165) is 11.1 Å². The molecule has 0 spiro atoms. The molecule has 0 aliphatic carbocycles. The zero-order valence-corrected chi connectivity index (χ0v) is 10.8. The standard InChI is InChI=1S/C13H14N4O3/c18-12(9-16-5-6-20-13(16)19)14-7-10-8-15-17-4-2-1-3-11(10)17/h1-4,8H,5-7,9H2,(H,14,18). The molecule has 0 aromatic carbocycles. The summed E-state index contributed by atoms with van der Waals surface area (Å²) in [4.78, 5) is 24.4. The molecule has 1 fully saturated rings. The third kappa shape index (κ3) is 2.42. The molecular formula is C13H14N4O3. The van der Waals surface area contributed by atoms with Crippen LogP contribution in [0, 0.1) is 0 Å². The zero-order chi connectivity index (χ0) is 13.9. The number of amides is 2. The minimum Gasteiger partial charge on any atom is -0.448 e. The molecule has 1 saturated heterocycles. The van der Waals surface area contributed by atoms with Gasteiger partial charge in [0.15, 0.2) is 0 Å². The first kappa shape index (κ1) is 12.5. The molecule has 0 saturated carbocycles. The van der Waals surface area contributed by atoms with Crippen LogP contribution in [-0.4, -0.2) is 46.2 Å². The highest BCUT2D eigenvalue weighted by Crippen LogP contribution is 2.09. The van der Waals surface area contributed by atoms with Crippen LogP contribution in [-0.2, 0) is 16.1 Å². The predicted molar refractivity (Wildman–Crippen MR) is 70.0 cm³/mol. The summed E-state index contributed by atoms with van der Waals surface area (Å²) in [6.07, 6.45) is 3.14. The topological polar surface area (TPSA) is 75.9 Å². The molecule has 2 amide bonds. The number of nitrogens with zero attached hydrogens (tertiary/aromatic N) is 3. The van der Waals surface area contributed by atoms with Gasteiger partial charge < -0.3 is 10.1 Å². The van der Waals surface area contributed by atoms with E-state index in [9.17, 15) is 9.59 Å². The highest BCUT2D eigenvalue weighted by molar-refractivity contribution is 5.82. The van der Waals surface area contributed by atoms with Gasteiger partial charge in [-0.3, -0.25) is 9.69 Å². The Hall–Kier alpha value is -2.57. The van der Waals surface area contributed by atoms with E-state index in [1.54, 1.807) is 10.7 Å². The van der Waals surface area contributed by atoms with Crippen LogP contribution in [0.4, 0.5) is 4.79 Å². The second kappa shape index (κ2) is 5.20. The fourth-order valence-corrected chi connectivity index (χ4v) is 2.12. The fraction of sp³-hybridized carbons (Fsp3) is 0.308. The number of carbonyl (C=O) groups is 2. The number of nitrogens with one attached hydrogen (secondary N) is 1. The molecule has 0 unspecified atom stereocenters. The molecule has 0 radical (unpaired) electrons. The molecule has 1 N–H and O–H groups in total. The summed E-state index contributed by atoms with van der Waals surface area (Å²) < 4.78 is 6.52. The summed E-state index contributed by atoms with van der Waals surface area (Å²) in [7, 11) is 0. The number of hydrogen-bond donors (Lipinski definition) is 1. The van der Waals surface area contributed by atoms with Crippen molar-refractivity contribution in [1.82, 2.24) is 19.8 Å². The summed E-state index contributed by atoms with van der Waals surface area (Å²) in [5.74, 6) is -0.209. The quantitative estimate of drug-likeness (QED) is 0.875. The summed E-state index contributed by atoms with van der Waals surface area (Å²) in [5.41, 5.74) is 1.89. The molecule has 2 aromatic rings. The minimum atomic E-state index is -0.434. The van der Waals surface area contributed by atoms with Crippen LogP contribution in [0.1, 0.15) is 5.56 Å². The molecule has 2 aromatic heterocycles. The SMILES string of the molecule is O=C(CN1CCOC1=O)NCc1cnn2ccccc12. The monoisotopic (exact) mass is 274 g/mol. The molecule has 0 bridgehead atoms. The van der Waals surface area contributed by atoms with Crippen molar-refractivity contribution >= 4 is 17.5 Å². The van der Waals surface area contributed by atoms with Gasteiger partial charge in [-0.2, -0.15) is 5.10 Å². The van der Waals surface area contributed by atoms with Gasteiger partial charge in [-0.25, -0.2) is 9.31 Å². The van der Waals surface area contributed by atoms with E-state index >= 15 is 0 Å². The number of ether oxygens (including phenoxy) is 1. The van der Waals surface area contributed by atoms with Crippen molar-refractivity contribution in [2.75, 3.05) is 19.7 Å². The second-order valence-corrected chi connectivity index (χ2v) is 4.51. The summed E-state index contributed by atoms with van der Waals surface area (Å²) in [6.45, 7) is 1.22. The number of cyclic esters (lactones) is 1. The number of aromatic nitrogens is 2. The molecule has 7 heteroatoms. The van der Waals surface area contributed by atoms with E-state index in [1.807, 2.05) is 24.4 Å². The third-order valence-corrected chi connectivity index (χ3v) is 3.16. The Morgan fingerprint density at radius 1 is 1.45 bits per heavy atom. The van der Waals surface area contributed by atoms with Crippen LogP contribution in [0.3, 0.4) is 0 Å². The maximum atomic E-state index is 11.8. The summed E-state index contributed by atoms with van der Waals surface area (Å²) >= 11 is 0. The van der Waals surface area contributed by atoms with Gasteiger partial charge in [0.2, 0.25) is 5.91 Å². The van der Waals surface area contributed by atoms with Crippen LogP contribution in [0.15, 0.2) is 30.6 Å². The lowest BCUT2D eigenvalue weighted by atomic mass is 10.2. The van der Waals surface area contributed by atoms with Gasteiger partial charge in [0, 0.05) is 18.3 Å². The Kier molecular flexibility index (Phi) is 3.24. The van der Waals surface area contributed by atoms with Gasteiger partial charge >= 0.3 is 6.09 Å². The maximum absolute atomic E-state index is 11.8. The number of fused-ring (bicyclic) bond motifs is 1. The normalized spacial score (nSPS) is 14.6. The minimum absolute atomic E-state index is 0.0258. The number of carbonyl (C=O) groups excluding carboxylic acids is 2. The van der Waals surface area contributed by atoms with Crippen LogP contribution < -0.4 is 5.32 Å². The van der Waals surface area contributed by atoms with E-state index < -0.39 is 6.09 Å². The average Bonchev–Trinajstić information content (AvgIpc) is 3.04. The van der Waals surface area contributed by atoms with Crippen LogP contribution in [0.5, 0.6) is 0 Å². The summed E-state index contributed by atoms with van der Waals surface area (Å²) in [6, 6.07) is 5.75. The highest BCUT2D eigenvalue weighted by Gasteiger charge is 2.23. The number of pyridine rings is 1. The Morgan fingerprint density at radius 3 is 3.15 bits per heavy atom. The molecule has 3 rings (SSSR count). The van der Waals surface area contributed by atoms with Gasteiger partial charge in [-0.15, -0.1) is 0 Å². The van der Waals surface area contributed by atoms with E-state index in [4.69, 9.17) is 4.74 Å². The first-order valence-electron chi connectivity index (χ1n) is 6.34. The average molecular weight is 274 g/mol. The Labute approximate surface area is 115 Å². The van der Waals surface area contributed by atoms with E-state index in [2.05, 4.69) is 10.4 Å². The van der Waals surface area contributed by atoms with Crippen molar-refractivity contribution < 1.29 is 14.3 Å². The van der Waals surface area contributed by atoms with E-state index in [-0.39, 0.29) is 12.5 Å².